The molecule has 0 aliphatic rings. The highest BCUT2D eigenvalue weighted by Gasteiger charge is 2.30. The molecule has 0 fully saturated rings. The number of ether oxygens (including phenoxy) is 4. The molecule has 0 aromatic rings. The molecule has 0 spiro atoms. The molecule has 0 aromatic heterocycles. The number of esters is 4. The van der Waals surface area contributed by atoms with Crippen LogP contribution in [0.2, 0.25) is 0 Å². The topological polar surface area (TPSA) is 237 Å². The van der Waals surface area contributed by atoms with Gasteiger partial charge in [0, 0.05) is 25.7 Å². The minimum Gasteiger partial charge on any atom is -0.462 e. The lowest BCUT2D eigenvalue weighted by Gasteiger charge is -2.21. The highest BCUT2D eigenvalue weighted by Crippen LogP contribution is 2.45. The van der Waals surface area contributed by atoms with Gasteiger partial charge in [0.15, 0.2) is 12.2 Å². The van der Waals surface area contributed by atoms with Crippen molar-refractivity contribution in [3.05, 3.63) is 0 Å². The molecular formula is C77H150O17P2. The summed E-state index contributed by atoms with van der Waals surface area (Å²) >= 11 is 0. The van der Waals surface area contributed by atoms with Gasteiger partial charge in [-0.3, -0.25) is 37.3 Å². The van der Waals surface area contributed by atoms with E-state index in [1.807, 2.05) is 0 Å². The number of aliphatic hydroxyl groups is 1. The van der Waals surface area contributed by atoms with E-state index < -0.39 is 97.5 Å². The summed E-state index contributed by atoms with van der Waals surface area (Å²) in [5.74, 6) is 1.00. The molecule has 96 heavy (non-hydrogen) atoms. The Morgan fingerprint density at radius 1 is 0.292 bits per heavy atom. The van der Waals surface area contributed by atoms with Crippen LogP contribution in [0.25, 0.3) is 0 Å². The number of rotatable bonds is 74. The van der Waals surface area contributed by atoms with Crippen LogP contribution in [0.15, 0.2) is 0 Å². The molecule has 3 N–H and O–H groups in total. The average molecular weight is 1410 g/mol. The zero-order chi connectivity index (χ0) is 71.0. The molecule has 0 saturated carbocycles. The summed E-state index contributed by atoms with van der Waals surface area (Å²) in [7, 11) is -9.92. The summed E-state index contributed by atoms with van der Waals surface area (Å²) in [6.45, 7) is 14.2. The average Bonchev–Trinajstić information content (AvgIpc) is 1.15. The summed E-state index contributed by atoms with van der Waals surface area (Å²) < 4.78 is 68.6. The van der Waals surface area contributed by atoms with Crippen LogP contribution in [-0.2, 0) is 65.4 Å². The molecule has 0 saturated heterocycles. The lowest BCUT2D eigenvalue weighted by atomic mass is 9.99. The van der Waals surface area contributed by atoms with E-state index in [1.54, 1.807) is 0 Å². The molecule has 19 heteroatoms. The van der Waals surface area contributed by atoms with E-state index in [0.717, 1.165) is 114 Å². The van der Waals surface area contributed by atoms with Crippen LogP contribution in [0.1, 0.15) is 389 Å². The highest BCUT2D eigenvalue weighted by molar-refractivity contribution is 7.47. The quantitative estimate of drug-likeness (QED) is 0.0222. The minimum atomic E-state index is -4.96. The number of carbonyl (C=O) groups excluding carboxylic acids is 4. The third-order valence-electron chi connectivity index (χ3n) is 18.5. The largest absolute Gasteiger partial charge is 0.472 e. The van der Waals surface area contributed by atoms with E-state index >= 15 is 0 Å². The zero-order valence-corrected chi connectivity index (χ0v) is 64.8. The Balaban J connectivity index is 5.25. The molecule has 5 unspecified atom stereocenters. The minimum absolute atomic E-state index is 0.105. The van der Waals surface area contributed by atoms with Gasteiger partial charge in [-0.15, -0.1) is 0 Å². The third kappa shape index (κ3) is 67.9. The number of aliphatic hydroxyl groups excluding tert-OH is 1. The van der Waals surface area contributed by atoms with Crippen molar-refractivity contribution in [1.29, 1.82) is 0 Å². The Morgan fingerprint density at radius 3 is 0.740 bits per heavy atom. The maximum Gasteiger partial charge on any atom is 0.472 e. The van der Waals surface area contributed by atoms with Gasteiger partial charge in [-0.25, -0.2) is 9.13 Å². The smallest absolute Gasteiger partial charge is 0.462 e. The molecule has 0 amide bonds. The standard InChI is InChI=1S/C77H150O17P2/c1-9-69(7)55-47-39-31-23-17-13-11-12-14-18-25-33-41-49-57-74(79)87-63-72(93-76(81)59-51-43-34-26-19-15-16-22-29-37-45-53-67(3)4)65-91-95(83,84)89-61-71(78)62-90-96(85,86)92-66-73(64-88-75(80)58-50-42-36-28-30-38-46-54-68(5)6)94-77(82)60-52-44-35-27-21-20-24-32-40-48-56-70(8)10-2/h67-73,78H,9-66H2,1-8H3,(H,83,84)(H,85,86)/t69?,70?,71?,72-,73-/m1/s1. The van der Waals surface area contributed by atoms with Crippen LogP contribution in [0.3, 0.4) is 0 Å². The van der Waals surface area contributed by atoms with Crippen LogP contribution in [0.5, 0.6) is 0 Å². The predicted molar refractivity (Wildman–Crippen MR) is 391 cm³/mol. The first-order valence-electron chi connectivity index (χ1n) is 39.8. The molecule has 0 aliphatic carbocycles. The molecule has 0 radical (unpaired) electrons. The summed E-state index contributed by atoms with van der Waals surface area (Å²) in [5, 5.41) is 10.6. The van der Waals surface area contributed by atoms with E-state index in [9.17, 15) is 43.2 Å². The molecule has 0 aromatic carbocycles. The van der Waals surface area contributed by atoms with Gasteiger partial charge in [0.2, 0.25) is 0 Å². The van der Waals surface area contributed by atoms with Crippen LogP contribution >= 0.6 is 15.6 Å². The van der Waals surface area contributed by atoms with Gasteiger partial charge in [-0.05, 0) is 49.4 Å². The van der Waals surface area contributed by atoms with Gasteiger partial charge >= 0.3 is 39.5 Å². The second-order valence-corrected chi connectivity index (χ2v) is 32.1. The highest BCUT2D eigenvalue weighted by atomic mass is 31.2. The fraction of sp³-hybridized carbons (Fsp3) is 0.948. The fourth-order valence-electron chi connectivity index (χ4n) is 11.7. The van der Waals surface area contributed by atoms with Gasteiger partial charge in [0.25, 0.3) is 0 Å². The molecule has 0 rings (SSSR count). The van der Waals surface area contributed by atoms with Crippen LogP contribution in [0.4, 0.5) is 0 Å². The third-order valence-corrected chi connectivity index (χ3v) is 20.4. The van der Waals surface area contributed by atoms with Crippen molar-refractivity contribution in [2.75, 3.05) is 39.6 Å². The SMILES string of the molecule is CCC(C)CCCCCCCCCCCCCCCCC(=O)OC[C@H](COP(=O)(O)OCC(O)COP(=O)(O)OC[C@@H](COC(=O)CCCCCCCCCC(C)C)OC(=O)CCCCCCCCCCCCC(C)CC)OC(=O)CCCCCCCCCCCCCC(C)C. The van der Waals surface area contributed by atoms with Crippen molar-refractivity contribution in [3.8, 4) is 0 Å². The van der Waals surface area contributed by atoms with Gasteiger partial charge in [0.1, 0.15) is 19.3 Å². The Labute approximate surface area is 588 Å². The van der Waals surface area contributed by atoms with E-state index in [-0.39, 0.29) is 25.7 Å². The maximum absolute atomic E-state index is 13.1. The summed E-state index contributed by atoms with van der Waals surface area (Å²) in [6, 6.07) is 0. The number of hydrogen-bond donors (Lipinski definition) is 3. The lowest BCUT2D eigenvalue weighted by molar-refractivity contribution is -0.161. The molecule has 0 aliphatic heterocycles. The summed E-state index contributed by atoms with van der Waals surface area (Å²) in [5.41, 5.74) is 0. The van der Waals surface area contributed by atoms with Gasteiger partial charge in [0.05, 0.1) is 26.4 Å². The monoisotopic (exact) mass is 1410 g/mol. The molecule has 7 atom stereocenters. The van der Waals surface area contributed by atoms with E-state index in [2.05, 4.69) is 55.4 Å². The Morgan fingerprint density at radius 2 is 0.500 bits per heavy atom. The first-order valence-corrected chi connectivity index (χ1v) is 42.8. The van der Waals surface area contributed by atoms with Crippen molar-refractivity contribution in [1.82, 2.24) is 0 Å². The van der Waals surface area contributed by atoms with Crippen molar-refractivity contribution >= 4 is 39.5 Å². The van der Waals surface area contributed by atoms with Gasteiger partial charge in [-0.1, -0.05) is 338 Å². The number of carbonyl (C=O) groups is 4. The Bertz CT molecular complexity index is 1890. The molecule has 0 heterocycles. The van der Waals surface area contributed by atoms with Crippen LogP contribution in [0, 0.1) is 23.7 Å². The fourth-order valence-corrected chi connectivity index (χ4v) is 13.2. The number of hydrogen-bond acceptors (Lipinski definition) is 15. The predicted octanol–water partition coefficient (Wildman–Crippen LogP) is 22.4. The van der Waals surface area contributed by atoms with Crippen molar-refractivity contribution in [2.45, 2.75) is 408 Å². The summed E-state index contributed by atoms with van der Waals surface area (Å²) in [6.07, 6.45) is 51.2. The number of phosphoric acid groups is 2. The summed E-state index contributed by atoms with van der Waals surface area (Å²) in [4.78, 5) is 72.9. The van der Waals surface area contributed by atoms with Crippen molar-refractivity contribution < 1.29 is 80.2 Å². The van der Waals surface area contributed by atoms with Crippen LogP contribution in [-0.4, -0.2) is 96.7 Å². The lowest BCUT2D eigenvalue weighted by Crippen LogP contribution is -2.30. The number of unbranched alkanes of at least 4 members (excludes halogenated alkanes) is 38. The first-order chi connectivity index (χ1) is 46.2. The second-order valence-electron chi connectivity index (χ2n) is 29.2. The van der Waals surface area contributed by atoms with Gasteiger partial charge in [-0.2, -0.15) is 0 Å². The van der Waals surface area contributed by atoms with E-state index in [4.69, 9.17) is 37.0 Å². The maximum atomic E-state index is 13.1. The molecular weight excluding hydrogens is 1260 g/mol. The number of phosphoric ester groups is 2. The molecule has 0 bridgehead atoms. The van der Waals surface area contributed by atoms with E-state index in [0.29, 0.717) is 31.6 Å². The Hall–Kier alpha value is -1.94. The van der Waals surface area contributed by atoms with Gasteiger partial charge < -0.3 is 33.8 Å². The molecule has 570 valence electrons. The van der Waals surface area contributed by atoms with Crippen LogP contribution < -0.4 is 0 Å². The molecule has 17 nitrogen and oxygen atoms in total. The van der Waals surface area contributed by atoms with Crippen molar-refractivity contribution in [2.24, 2.45) is 23.7 Å². The van der Waals surface area contributed by atoms with Crippen molar-refractivity contribution in [3.63, 3.8) is 0 Å². The Kier molecular flexibility index (Phi) is 65.0. The first kappa shape index (κ1) is 94.1. The second kappa shape index (κ2) is 66.3. The van der Waals surface area contributed by atoms with E-state index in [1.165, 1.54) is 186 Å². The normalized spacial score (nSPS) is 14.7. The zero-order valence-electron chi connectivity index (χ0n) is 63.0.